The topological polar surface area (TPSA) is 39.2 Å². The number of halogens is 2. The van der Waals surface area contributed by atoms with E-state index in [4.69, 9.17) is 0 Å². The number of carbonyl (C=O) groups excluding carboxylic acids is 1. The van der Waals surface area contributed by atoms with Gasteiger partial charge in [0.1, 0.15) is 0 Å². The minimum Gasteiger partial charge on any atom is -0.481 e. The molecule has 1 heterocycles. The number of alkyl halides is 2. The Bertz CT molecular complexity index is 315. The van der Waals surface area contributed by atoms with E-state index in [1.807, 2.05) is 0 Å². The lowest BCUT2D eigenvalue weighted by Gasteiger charge is -2.07. The van der Waals surface area contributed by atoms with Gasteiger partial charge in [-0.25, -0.2) is 13.8 Å². The zero-order chi connectivity index (χ0) is 9.84. The highest BCUT2D eigenvalue weighted by atomic mass is 19.3. The van der Waals surface area contributed by atoms with Crippen LogP contribution in [0.2, 0.25) is 0 Å². The maximum Gasteiger partial charge on any atom is 0.269 e. The summed E-state index contributed by atoms with van der Waals surface area (Å²) in [5, 5.41) is 0. The molecule has 1 rings (SSSR count). The van der Waals surface area contributed by atoms with E-state index in [0.717, 1.165) is 0 Å². The Morgan fingerprint density at radius 3 is 2.77 bits per heavy atom. The molecule has 0 aliphatic heterocycles. The summed E-state index contributed by atoms with van der Waals surface area (Å²) in [5.74, 6) is -0.209. The molecule has 0 fully saturated rings. The lowest BCUT2D eigenvalue weighted by atomic mass is 10.1. The number of pyridine rings is 1. The van der Waals surface area contributed by atoms with Crippen LogP contribution in [0.5, 0.6) is 5.88 Å². The highest BCUT2D eigenvalue weighted by molar-refractivity contribution is 5.78. The summed E-state index contributed by atoms with van der Waals surface area (Å²) in [6.07, 6.45) is -1.16. The molecule has 0 atom stereocenters. The molecule has 0 saturated carbocycles. The fraction of sp³-hybridized carbons (Fsp3) is 0.250. The zero-order valence-electron chi connectivity index (χ0n) is 6.83. The fourth-order valence-electron chi connectivity index (χ4n) is 0.953. The predicted molar refractivity (Wildman–Crippen MR) is 41.1 cm³/mol. The van der Waals surface area contributed by atoms with Gasteiger partial charge in [-0.2, -0.15) is 0 Å². The minimum atomic E-state index is -2.76. The van der Waals surface area contributed by atoms with E-state index in [2.05, 4.69) is 9.72 Å². The summed E-state index contributed by atoms with van der Waals surface area (Å²) < 4.78 is 29.4. The number of carbonyl (C=O) groups is 1. The van der Waals surface area contributed by atoms with E-state index >= 15 is 0 Å². The van der Waals surface area contributed by atoms with E-state index in [1.165, 1.54) is 19.4 Å². The smallest absolute Gasteiger partial charge is 0.269 e. The lowest BCUT2D eigenvalue weighted by Crippen LogP contribution is -2.00. The molecule has 5 heteroatoms. The van der Waals surface area contributed by atoms with E-state index in [0.29, 0.717) is 6.29 Å². The molecule has 0 N–H and O–H groups in total. The summed E-state index contributed by atoms with van der Waals surface area (Å²) >= 11 is 0. The molecule has 70 valence electrons. The molecule has 0 bridgehead atoms. The third-order valence-electron chi connectivity index (χ3n) is 1.53. The van der Waals surface area contributed by atoms with Crippen LogP contribution in [0.25, 0.3) is 0 Å². The number of hydrogen-bond acceptors (Lipinski definition) is 3. The monoisotopic (exact) mass is 187 g/mol. The number of methoxy groups -OCH3 is 1. The van der Waals surface area contributed by atoms with Gasteiger partial charge in [0.05, 0.1) is 12.7 Å². The third kappa shape index (κ3) is 1.80. The maximum absolute atomic E-state index is 12.4. The largest absolute Gasteiger partial charge is 0.481 e. The molecule has 0 spiro atoms. The molecule has 0 amide bonds. The molecule has 13 heavy (non-hydrogen) atoms. The molecular formula is C8H7F2NO2. The average Bonchev–Trinajstić information content (AvgIpc) is 2.16. The Balaban J connectivity index is 3.29. The standard InChI is InChI=1S/C8H7F2NO2/c1-13-8-6(7(9)10)5(4-12)2-3-11-8/h2-4,7H,1H3. The maximum atomic E-state index is 12.4. The fourth-order valence-corrected chi connectivity index (χ4v) is 0.953. The van der Waals surface area contributed by atoms with Crippen LogP contribution < -0.4 is 4.74 Å². The van der Waals surface area contributed by atoms with Gasteiger partial charge in [0, 0.05) is 11.8 Å². The Morgan fingerprint density at radius 1 is 1.62 bits per heavy atom. The summed E-state index contributed by atoms with van der Waals surface area (Å²) in [6, 6.07) is 1.22. The van der Waals surface area contributed by atoms with Crippen molar-refractivity contribution in [2.75, 3.05) is 7.11 Å². The number of hydrogen-bond donors (Lipinski definition) is 0. The molecule has 0 aliphatic rings. The SMILES string of the molecule is COc1nccc(C=O)c1C(F)F. The van der Waals surface area contributed by atoms with Crippen LogP contribution in [0.4, 0.5) is 8.78 Å². The molecule has 0 radical (unpaired) electrons. The average molecular weight is 187 g/mol. The van der Waals surface area contributed by atoms with Crippen LogP contribution in [0.15, 0.2) is 12.3 Å². The van der Waals surface area contributed by atoms with Crippen molar-refractivity contribution in [3.05, 3.63) is 23.4 Å². The summed E-state index contributed by atoms with van der Waals surface area (Å²) in [6.45, 7) is 0. The lowest BCUT2D eigenvalue weighted by molar-refractivity contribution is 0.110. The van der Waals surface area contributed by atoms with Crippen molar-refractivity contribution in [1.82, 2.24) is 4.98 Å². The number of aldehydes is 1. The van der Waals surface area contributed by atoms with Gasteiger partial charge in [0.15, 0.2) is 6.29 Å². The summed E-state index contributed by atoms with van der Waals surface area (Å²) in [7, 11) is 1.22. The van der Waals surface area contributed by atoms with Gasteiger partial charge in [-0.1, -0.05) is 0 Å². The number of aromatic nitrogens is 1. The van der Waals surface area contributed by atoms with Crippen molar-refractivity contribution in [3.8, 4) is 5.88 Å². The Kier molecular flexibility index (Phi) is 2.89. The van der Waals surface area contributed by atoms with Gasteiger partial charge in [0.2, 0.25) is 5.88 Å². The van der Waals surface area contributed by atoms with Crippen LogP contribution >= 0.6 is 0 Å². The predicted octanol–water partition coefficient (Wildman–Crippen LogP) is 1.84. The van der Waals surface area contributed by atoms with Gasteiger partial charge < -0.3 is 4.74 Å². The molecule has 0 aliphatic carbocycles. The van der Waals surface area contributed by atoms with Crippen LogP contribution in [-0.2, 0) is 0 Å². The summed E-state index contributed by atoms with van der Waals surface area (Å²) in [4.78, 5) is 13.9. The molecule has 1 aromatic rings. The molecule has 0 unspecified atom stereocenters. The number of nitrogens with zero attached hydrogens (tertiary/aromatic N) is 1. The second kappa shape index (κ2) is 3.93. The molecular weight excluding hydrogens is 180 g/mol. The first kappa shape index (κ1) is 9.57. The zero-order valence-corrected chi connectivity index (χ0v) is 6.83. The van der Waals surface area contributed by atoms with Gasteiger partial charge in [0.25, 0.3) is 6.43 Å². The van der Waals surface area contributed by atoms with Crippen molar-refractivity contribution in [2.45, 2.75) is 6.43 Å². The number of rotatable bonds is 3. The second-order valence-corrected chi connectivity index (χ2v) is 2.24. The van der Waals surface area contributed by atoms with Gasteiger partial charge in [-0.05, 0) is 6.07 Å². The number of ether oxygens (including phenoxy) is 1. The Labute approximate surface area is 73.4 Å². The normalized spacial score (nSPS) is 10.2. The van der Waals surface area contributed by atoms with Crippen molar-refractivity contribution in [1.29, 1.82) is 0 Å². The molecule has 0 aromatic carbocycles. The van der Waals surface area contributed by atoms with Crippen LogP contribution in [0.1, 0.15) is 22.3 Å². The highest BCUT2D eigenvalue weighted by Crippen LogP contribution is 2.29. The molecule has 0 saturated heterocycles. The van der Waals surface area contributed by atoms with Gasteiger partial charge in [-0.3, -0.25) is 4.79 Å². The van der Waals surface area contributed by atoms with E-state index < -0.39 is 12.0 Å². The first-order chi connectivity index (χ1) is 6.20. The van der Waals surface area contributed by atoms with Crippen molar-refractivity contribution in [2.24, 2.45) is 0 Å². The summed E-state index contributed by atoms with van der Waals surface area (Å²) in [5.41, 5.74) is -0.554. The Morgan fingerprint density at radius 2 is 2.31 bits per heavy atom. The van der Waals surface area contributed by atoms with Gasteiger partial charge >= 0.3 is 0 Å². The van der Waals surface area contributed by atoms with Crippen molar-refractivity contribution < 1.29 is 18.3 Å². The van der Waals surface area contributed by atoms with Gasteiger partial charge in [-0.15, -0.1) is 0 Å². The van der Waals surface area contributed by atoms with E-state index in [9.17, 15) is 13.6 Å². The quantitative estimate of drug-likeness (QED) is 0.677. The van der Waals surface area contributed by atoms with Crippen LogP contribution in [0.3, 0.4) is 0 Å². The van der Waals surface area contributed by atoms with Crippen molar-refractivity contribution in [3.63, 3.8) is 0 Å². The first-order valence-electron chi connectivity index (χ1n) is 3.47. The highest BCUT2D eigenvalue weighted by Gasteiger charge is 2.19. The third-order valence-corrected chi connectivity index (χ3v) is 1.53. The van der Waals surface area contributed by atoms with Crippen LogP contribution in [-0.4, -0.2) is 18.4 Å². The molecule has 3 nitrogen and oxygen atoms in total. The van der Waals surface area contributed by atoms with Crippen LogP contribution in [0, 0.1) is 0 Å². The Hall–Kier alpha value is -1.52. The van der Waals surface area contributed by atoms with E-state index in [1.54, 1.807) is 0 Å². The van der Waals surface area contributed by atoms with Crippen molar-refractivity contribution >= 4 is 6.29 Å². The second-order valence-electron chi connectivity index (χ2n) is 2.24. The molecule has 1 aromatic heterocycles. The first-order valence-corrected chi connectivity index (χ1v) is 3.47. The minimum absolute atomic E-state index is 0.0955. The van der Waals surface area contributed by atoms with E-state index in [-0.39, 0.29) is 11.4 Å².